The first-order chi connectivity index (χ1) is 14.4. The smallest absolute Gasteiger partial charge is 0.265 e. The Morgan fingerprint density at radius 1 is 1.03 bits per heavy atom. The number of aryl methyl sites for hydroxylation is 1. The average molecular weight is 431 g/mol. The number of carbonyl (C=O) groups excluding carboxylic acids is 1. The standard InChI is InChI=1S/C23H30N2O4S/c1-3-19-10-6-7-11-22(19)29-18(2)23(26)24-20-12-14-21(15-13-20)30(27,28)25-16-8-4-5-9-17-25/h6-7,10-15,18H,3-5,8-9,16-17H2,1-2H3,(H,24,26)/t18-/m1/s1. The highest BCUT2D eigenvalue weighted by Crippen LogP contribution is 2.23. The third-order valence-corrected chi connectivity index (χ3v) is 7.26. The number of para-hydroxylation sites is 1. The first kappa shape index (κ1) is 22.3. The number of nitrogens with zero attached hydrogens (tertiary/aromatic N) is 1. The number of hydrogen-bond acceptors (Lipinski definition) is 4. The first-order valence-corrected chi connectivity index (χ1v) is 12.0. The van der Waals surface area contributed by atoms with Gasteiger partial charge in [0.25, 0.3) is 5.91 Å². The van der Waals surface area contributed by atoms with Gasteiger partial charge in [0, 0.05) is 18.8 Å². The lowest BCUT2D eigenvalue weighted by molar-refractivity contribution is -0.122. The molecule has 0 saturated carbocycles. The van der Waals surface area contributed by atoms with E-state index in [1.54, 1.807) is 35.5 Å². The lowest BCUT2D eigenvalue weighted by Crippen LogP contribution is -2.32. The van der Waals surface area contributed by atoms with Crippen molar-refractivity contribution in [2.75, 3.05) is 18.4 Å². The number of sulfonamides is 1. The predicted octanol–water partition coefficient (Wildman–Crippen LogP) is 4.22. The summed E-state index contributed by atoms with van der Waals surface area (Å²) in [5, 5.41) is 2.80. The highest BCUT2D eigenvalue weighted by Gasteiger charge is 2.25. The Hall–Kier alpha value is -2.38. The summed E-state index contributed by atoms with van der Waals surface area (Å²) in [6, 6.07) is 14.0. The number of carbonyl (C=O) groups is 1. The van der Waals surface area contributed by atoms with Crippen molar-refractivity contribution in [2.24, 2.45) is 0 Å². The molecule has 3 rings (SSSR count). The van der Waals surface area contributed by atoms with Crippen molar-refractivity contribution < 1.29 is 17.9 Å². The highest BCUT2D eigenvalue weighted by atomic mass is 32.2. The maximum atomic E-state index is 12.9. The van der Waals surface area contributed by atoms with Crippen molar-refractivity contribution in [3.05, 3.63) is 54.1 Å². The summed E-state index contributed by atoms with van der Waals surface area (Å²) in [5.41, 5.74) is 1.58. The molecule has 1 aliphatic heterocycles. The number of amides is 1. The van der Waals surface area contributed by atoms with Crippen LogP contribution in [0.3, 0.4) is 0 Å². The molecule has 1 atom stereocenters. The summed E-state index contributed by atoms with van der Waals surface area (Å²) in [4.78, 5) is 12.8. The Labute approximate surface area is 179 Å². The molecule has 0 bridgehead atoms. The molecule has 1 heterocycles. The fraction of sp³-hybridized carbons (Fsp3) is 0.435. The molecule has 0 unspecified atom stereocenters. The molecule has 1 fully saturated rings. The van der Waals surface area contributed by atoms with E-state index in [0.29, 0.717) is 24.5 Å². The molecule has 0 aliphatic carbocycles. The molecule has 1 aliphatic rings. The van der Waals surface area contributed by atoms with Crippen LogP contribution in [0, 0.1) is 0 Å². The van der Waals surface area contributed by atoms with Gasteiger partial charge in [0.1, 0.15) is 5.75 Å². The minimum Gasteiger partial charge on any atom is -0.481 e. The summed E-state index contributed by atoms with van der Waals surface area (Å²) >= 11 is 0. The Morgan fingerprint density at radius 3 is 2.30 bits per heavy atom. The number of nitrogens with one attached hydrogen (secondary N) is 1. The second-order valence-electron chi connectivity index (χ2n) is 7.55. The molecule has 0 spiro atoms. The van der Waals surface area contributed by atoms with E-state index < -0.39 is 16.1 Å². The number of hydrogen-bond donors (Lipinski definition) is 1. The number of benzene rings is 2. The van der Waals surface area contributed by atoms with Crippen LogP contribution < -0.4 is 10.1 Å². The Morgan fingerprint density at radius 2 is 1.67 bits per heavy atom. The molecule has 30 heavy (non-hydrogen) atoms. The van der Waals surface area contributed by atoms with Crippen LogP contribution in [-0.4, -0.2) is 37.8 Å². The summed E-state index contributed by atoms with van der Waals surface area (Å²) < 4.78 is 33.1. The summed E-state index contributed by atoms with van der Waals surface area (Å²) in [7, 11) is -3.50. The zero-order valence-electron chi connectivity index (χ0n) is 17.6. The zero-order valence-corrected chi connectivity index (χ0v) is 18.5. The monoisotopic (exact) mass is 430 g/mol. The maximum absolute atomic E-state index is 12.9. The molecular formula is C23H30N2O4S. The lowest BCUT2D eigenvalue weighted by atomic mass is 10.1. The van der Waals surface area contributed by atoms with Crippen LogP contribution in [0.2, 0.25) is 0 Å². The molecular weight excluding hydrogens is 400 g/mol. The molecule has 162 valence electrons. The van der Waals surface area contributed by atoms with Gasteiger partial charge >= 0.3 is 0 Å². The number of ether oxygens (including phenoxy) is 1. The predicted molar refractivity (Wildman–Crippen MR) is 118 cm³/mol. The quantitative estimate of drug-likeness (QED) is 0.714. The van der Waals surface area contributed by atoms with E-state index in [4.69, 9.17) is 4.74 Å². The fourth-order valence-electron chi connectivity index (χ4n) is 3.54. The SMILES string of the molecule is CCc1ccccc1O[C@H](C)C(=O)Nc1ccc(S(=O)(=O)N2CCCCCC2)cc1. The second kappa shape index (κ2) is 10.1. The van der Waals surface area contributed by atoms with Gasteiger partial charge in [-0.1, -0.05) is 38.0 Å². The number of anilines is 1. The van der Waals surface area contributed by atoms with Crippen LogP contribution in [0.5, 0.6) is 5.75 Å². The van der Waals surface area contributed by atoms with Crippen LogP contribution in [0.15, 0.2) is 53.4 Å². The van der Waals surface area contributed by atoms with Gasteiger partial charge in [-0.25, -0.2) is 8.42 Å². The van der Waals surface area contributed by atoms with Gasteiger partial charge in [-0.3, -0.25) is 4.79 Å². The van der Waals surface area contributed by atoms with E-state index in [1.807, 2.05) is 31.2 Å². The van der Waals surface area contributed by atoms with Crippen LogP contribution in [0.25, 0.3) is 0 Å². The van der Waals surface area contributed by atoms with E-state index in [-0.39, 0.29) is 10.8 Å². The summed E-state index contributed by atoms with van der Waals surface area (Å²) in [5.74, 6) is 0.408. The van der Waals surface area contributed by atoms with Gasteiger partial charge in [-0.15, -0.1) is 0 Å². The van der Waals surface area contributed by atoms with Crippen molar-refractivity contribution in [3.8, 4) is 5.75 Å². The minimum absolute atomic E-state index is 0.253. The second-order valence-corrected chi connectivity index (χ2v) is 9.49. The molecule has 2 aromatic rings. The Bertz CT molecular complexity index is 949. The minimum atomic E-state index is -3.50. The molecule has 2 aromatic carbocycles. The first-order valence-electron chi connectivity index (χ1n) is 10.6. The van der Waals surface area contributed by atoms with Crippen molar-refractivity contribution in [2.45, 2.75) is 57.0 Å². The maximum Gasteiger partial charge on any atom is 0.265 e. The van der Waals surface area contributed by atoms with Crippen molar-refractivity contribution in [1.29, 1.82) is 0 Å². The topological polar surface area (TPSA) is 75.7 Å². The van der Waals surface area contributed by atoms with E-state index in [9.17, 15) is 13.2 Å². The molecule has 6 nitrogen and oxygen atoms in total. The van der Waals surface area contributed by atoms with Gasteiger partial charge in [-0.2, -0.15) is 4.31 Å². The van der Waals surface area contributed by atoms with E-state index in [1.165, 1.54) is 0 Å². The largest absolute Gasteiger partial charge is 0.481 e. The fourth-order valence-corrected chi connectivity index (χ4v) is 5.06. The van der Waals surface area contributed by atoms with E-state index in [2.05, 4.69) is 5.32 Å². The summed E-state index contributed by atoms with van der Waals surface area (Å²) in [6.45, 7) is 4.86. The normalized spacial score (nSPS) is 16.5. The Balaban J connectivity index is 1.64. The van der Waals surface area contributed by atoms with Crippen molar-refractivity contribution in [1.82, 2.24) is 4.31 Å². The van der Waals surface area contributed by atoms with Crippen LogP contribution in [0.1, 0.15) is 45.1 Å². The van der Waals surface area contributed by atoms with E-state index >= 15 is 0 Å². The number of rotatable bonds is 7. The van der Waals surface area contributed by atoms with Gasteiger partial charge in [0.05, 0.1) is 4.90 Å². The third-order valence-electron chi connectivity index (χ3n) is 5.35. The van der Waals surface area contributed by atoms with Gasteiger partial charge < -0.3 is 10.1 Å². The van der Waals surface area contributed by atoms with Gasteiger partial charge in [0.15, 0.2) is 6.10 Å². The van der Waals surface area contributed by atoms with Gasteiger partial charge in [0.2, 0.25) is 10.0 Å². The van der Waals surface area contributed by atoms with Crippen molar-refractivity contribution >= 4 is 21.6 Å². The average Bonchev–Trinajstić information content (AvgIpc) is 3.04. The molecule has 7 heteroatoms. The van der Waals surface area contributed by atoms with E-state index in [0.717, 1.165) is 37.7 Å². The third kappa shape index (κ3) is 5.40. The van der Waals surface area contributed by atoms with Crippen LogP contribution >= 0.6 is 0 Å². The Kier molecular flexibility index (Phi) is 7.50. The van der Waals surface area contributed by atoms with Gasteiger partial charge in [-0.05, 0) is 62.1 Å². The molecule has 1 saturated heterocycles. The molecule has 1 amide bonds. The van der Waals surface area contributed by atoms with Crippen LogP contribution in [-0.2, 0) is 21.2 Å². The highest BCUT2D eigenvalue weighted by molar-refractivity contribution is 7.89. The molecule has 1 N–H and O–H groups in total. The van der Waals surface area contributed by atoms with Crippen LogP contribution in [0.4, 0.5) is 5.69 Å². The lowest BCUT2D eigenvalue weighted by Gasteiger charge is -2.20. The summed E-state index contributed by atoms with van der Waals surface area (Å²) in [6.07, 6.45) is 4.06. The molecule has 0 aromatic heterocycles. The van der Waals surface area contributed by atoms with Crippen molar-refractivity contribution in [3.63, 3.8) is 0 Å². The zero-order chi connectivity index (χ0) is 21.6. The molecule has 0 radical (unpaired) electrons.